The van der Waals surface area contributed by atoms with Gasteiger partial charge in [-0.25, -0.2) is 0 Å². The van der Waals surface area contributed by atoms with Gasteiger partial charge in [-0.05, 0) is 31.5 Å². The number of nitrogens with one attached hydrogen (secondary N) is 1. The predicted molar refractivity (Wildman–Crippen MR) is 86.8 cm³/mol. The number of hydrogen-bond donors (Lipinski definition) is 1. The van der Waals surface area contributed by atoms with E-state index in [1.54, 1.807) is 18.2 Å². The van der Waals surface area contributed by atoms with Gasteiger partial charge in [0.05, 0.1) is 5.69 Å². The Kier molecular flexibility index (Phi) is 5.73. The third-order valence-corrected chi connectivity index (χ3v) is 3.72. The fraction of sp³-hybridized carbons (Fsp3) is 0.471. The van der Waals surface area contributed by atoms with Crippen LogP contribution in [0.2, 0.25) is 0 Å². The first-order chi connectivity index (χ1) is 11.0. The van der Waals surface area contributed by atoms with Gasteiger partial charge in [0.2, 0.25) is 5.91 Å². The van der Waals surface area contributed by atoms with E-state index in [9.17, 15) is 14.4 Å². The summed E-state index contributed by atoms with van der Waals surface area (Å²) in [6.45, 7) is 4.40. The second-order valence-electron chi connectivity index (χ2n) is 5.53. The lowest BCUT2D eigenvalue weighted by Crippen LogP contribution is -2.41. The minimum Gasteiger partial charge on any atom is -0.482 e. The van der Waals surface area contributed by atoms with Crippen LogP contribution in [-0.2, 0) is 9.59 Å². The van der Waals surface area contributed by atoms with Crippen molar-refractivity contribution < 1.29 is 19.1 Å². The number of fused-ring (bicyclic) bond motifs is 1. The Morgan fingerprint density at radius 1 is 1.35 bits per heavy atom. The Morgan fingerprint density at radius 2 is 2.13 bits per heavy atom. The normalized spacial score (nSPS) is 13.3. The number of carbonyl (C=O) groups excluding carboxylic acids is 3. The second-order valence-corrected chi connectivity index (χ2v) is 5.53. The first-order valence-electron chi connectivity index (χ1n) is 7.87. The van der Waals surface area contributed by atoms with Crippen molar-refractivity contribution in [3.8, 4) is 5.75 Å². The molecule has 6 heteroatoms. The van der Waals surface area contributed by atoms with Crippen LogP contribution >= 0.6 is 0 Å². The zero-order valence-electron chi connectivity index (χ0n) is 13.6. The number of rotatable bonds is 7. The molecule has 23 heavy (non-hydrogen) atoms. The van der Waals surface area contributed by atoms with E-state index in [2.05, 4.69) is 12.2 Å². The summed E-state index contributed by atoms with van der Waals surface area (Å²) < 4.78 is 5.38. The summed E-state index contributed by atoms with van der Waals surface area (Å²) in [6.07, 6.45) is 2.18. The molecule has 1 heterocycles. The molecule has 1 aromatic rings. The quantitative estimate of drug-likeness (QED) is 0.615. The van der Waals surface area contributed by atoms with Crippen LogP contribution in [0.25, 0.3) is 0 Å². The van der Waals surface area contributed by atoms with E-state index < -0.39 is 0 Å². The number of benzene rings is 1. The van der Waals surface area contributed by atoms with E-state index in [4.69, 9.17) is 4.74 Å². The molecule has 1 N–H and O–H groups in total. The Hall–Kier alpha value is -2.37. The summed E-state index contributed by atoms with van der Waals surface area (Å²) >= 11 is 0. The smallest absolute Gasteiger partial charge is 0.265 e. The Morgan fingerprint density at radius 3 is 2.83 bits per heavy atom. The summed E-state index contributed by atoms with van der Waals surface area (Å²) in [7, 11) is 0. The molecule has 1 aliphatic rings. The van der Waals surface area contributed by atoms with Crippen molar-refractivity contribution in [2.75, 3.05) is 24.6 Å². The van der Waals surface area contributed by atoms with Crippen molar-refractivity contribution in [2.24, 2.45) is 0 Å². The summed E-state index contributed by atoms with van der Waals surface area (Å²) in [4.78, 5) is 37.0. The van der Waals surface area contributed by atoms with Gasteiger partial charge in [-0.1, -0.05) is 13.3 Å². The van der Waals surface area contributed by atoms with E-state index in [0.29, 0.717) is 23.5 Å². The maximum absolute atomic E-state index is 12.1. The van der Waals surface area contributed by atoms with Gasteiger partial charge in [0, 0.05) is 25.1 Å². The fourth-order valence-electron chi connectivity index (χ4n) is 2.37. The van der Waals surface area contributed by atoms with Crippen LogP contribution < -0.4 is 15.0 Å². The SMILES string of the molecule is CCCCNC(=O)CCN1C(=O)COc2ccc(C(C)=O)cc21. The molecule has 1 aromatic carbocycles. The second kappa shape index (κ2) is 7.76. The van der Waals surface area contributed by atoms with E-state index in [-0.39, 0.29) is 37.2 Å². The topological polar surface area (TPSA) is 75.7 Å². The third kappa shape index (κ3) is 4.31. The monoisotopic (exact) mass is 318 g/mol. The largest absolute Gasteiger partial charge is 0.482 e. The molecule has 0 unspecified atom stereocenters. The Bertz CT molecular complexity index is 613. The van der Waals surface area contributed by atoms with Crippen LogP contribution in [0.4, 0.5) is 5.69 Å². The van der Waals surface area contributed by atoms with Gasteiger partial charge in [-0.2, -0.15) is 0 Å². The van der Waals surface area contributed by atoms with E-state index in [1.807, 2.05) is 0 Å². The molecule has 2 rings (SSSR count). The molecule has 2 amide bonds. The van der Waals surface area contributed by atoms with Crippen LogP contribution in [-0.4, -0.2) is 37.3 Å². The highest BCUT2D eigenvalue weighted by molar-refractivity contribution is 6.01. The molecule has 0 saturated heterocycles. The highest BCUT2D eigenvalue weighted by atomic mass is 16.5. The number of ether oxygens (including phenoxy) is 1. The van der Waals surface area contributed by atoms with Crippen LogP contribution in [0.1, 0.15) is 43.5 Å². The predicted octanol–water partition coefficient (Wildman–Crippen LogP) is 1.92. The number of ketones is 1. The molecule has 124 valence electrons. The van der Waals surface area contributed by atoms with Crippen molar-refractivity contribution >= 4 is 23.3 Å². The van der Waals surface area contributed by atoms with Gasteiger partial charge in [0.25, 0.3) is 5.91 Å². The van der Waals surface area contributed by atoms with Gasteiger partial charge in [-0.15, -0.1) is 0 Å². The minimum atomic E-state index is -0.209. The Labute approximate surface area is 135 Å². The van der Waals surface area contributed by atoms with Gasteiger partial charge >= 0.3 is 0 Å². The van der Waals surface area contributed by atoms with E-state index in [0.717, 1.165) is 12.8 Å². The molecule has 0 atom stereocenters. The lowest BCUT2D eigenvalue weighted by atomic mass is 10.1. The summed E-state index contributed by atoms with van der Waals surface area (Å²) in [6, 6.07) is 5.00. The molecule has 0 saturated carbocycles. The van der Waals surface area contributed by atoms with E-state index >= 15 is 0 Å². The van der Waals surface area contributed by atoms with E-state index in [1.165, 1.54) is 11.8 Å². The van der Waals surface area contributed by atoms with Gasteiger partial charge < -0.3 is 15.0 Å². The van der Waals surface area contributed by atoms with Gasteiger partial charge in [0.15, 0.2) is 12.4 Å². The number of carbonyl (C=O) groups is 3. The number of hydrogen-bond acceptors (Lipinski definition) is 4. The van der Waals surface area contributed by atoms with Crippen molar-refractivity contribution in [1.29, 1.82) is 0 Å². The maximum atomic E-state index is 12.1. The molecule has 0 spiro atoms. The minimum absolute atomic E-state index is 0.0517. The van der Waals surface area contributed by atoms with Crippen molar-refractivity contribution in [2.45, 2.75) is 33.1 Å². The molecule has 0 radical (unpaired) electrons. The zero-order valence-corrected chi connectivity index (χ0v) is 13.6. The maximum Gasteiger partial charge on any atom is 0.265 e. The van der Waals surface area contributed by atoms with Crippen LogP contribution in [0, 0.1) is 0 Å². The molecule has 0 aliphatic carbocycles. The molecular formula is C17H22N2O4. The summed E-state index contributed by atoms with van der Waals surface area (Å²) in [5.41, 5.74) is 1.06. The Balaban J connectivity index is 2.07. The number of nitrogens with zero attached hydrogens (tertiary/aromatic N) is 1. The van der Waals surface area contributed by atoms with Crippen LogP contribution in [0.3, 0.4) is 0 Å². The number of anilines is 1. The number of unbranched alkanes of at least 4 members (excludes halogenated alkanes) is 1. The first-order valence-corrected chi connectivity index (χ1v) is 7.87. The molecule has 0 fully saturated rings. The molecule has 0 aromatic heterocycles. The third-order valence-electron chi connectivity index (χ3n) is 3.72. The van der Waals surface area contributed by atoms with Gasteiger partial charge in [-0.3, -0.25) is 14.4 Å². The number of Topliss-reactive ketones (excluding diaryl/α,β-unsaturated/α-hetero) is 1. The lowest BCUT2D eigenvalue weighted by molar-refractivity contribution is -0.122. The van der Waals surface area contributed by atoms with Gasteiger partial charge in [0.1, 0.15) is 5.75 Å². The van der Waals surface area contributed by atoms with Crippen LogP contribution in [0.15, 0.2) is 18.2 Å². The van der Waals surface area contributed by atoms with Crippen molar-refractivity contribution in [3.05, 3.63) is 23.8 Å². The zero-order chi connectivity index (χ0) is 16.8. The fourth-order valence-corrected chi connectivity index (χ4v) is 2.37. The summed E-state index contributed by atoms with van der Waals surface area (Å²) in [5.74, 6) is 0.186. The highest BCUT2D eigenvalue weighted by Crippen LogP contribution is 2.33. The molecular weight excluding hydrogens is 296 g/mol. The van der Waals surface area contributed by atoms with Crippen molar-refractivity contribution in [1.82, 2.24) is 5.32 Å². The van der Waals surface area contributed by atoms with Crippen LogP contribution in [0.5, 0.6) is 5.75 Å². The van der Waals surface area contributed by atoms with Crippen molar-refractivity contribution in [3.63, 3.8) is 0 Å². The molecule has 6 nitrogen and oxygen atoms in total. The number of amides is 2. The summed E-state index contributed by atoms with van der Waals surface area (Å²) in [5, 5.41) is 2.83. The standard InChI is InChI=1S/C17H22N2O4/c1-3-4-8-18-16(21)7-9-19-14-10-13(12(2)20)5-6-15(14)23-11-17(19)22/h5-6,10H,3-4,7-9,11H2,1-2H3,(H,18,21). The lowest BCUT2D eigenvalue weighted by Gasteiger charge is -2.29. The molecule has 1 aliphatic heterocycles. The average Bonchev–Trinajstić information content (AvgIpc) is 2.53. The highest BCUT2D eigenvalue weighted by Gasteiger charge is 2.26. The average molecular weight is 318 g/mol. The first kappa shape index (κ1) is 17.0. The molecule has 0 bridgehead atoms.